The van der Waals surface area contributed by atoms with Crippen molar-refractivity contribution in [3.05, 3.63) is 29.8 Å². The first kappa shape index (κ1) is 17.3. The molecule has 1 aromatic carbocycles. The van der Waals surface area contributed by atoms with Crippen molar-refractivity contribution in [2.75, 3.05) is 18.4 Å². The van der Waals surface area contributed by atoms with Gasteiger partial charge in [0.15, 0.2) is 0 Å². The van der Waals surface area contributed by atoms with Crippen molar-refractivity contribution in [3.8, 4) is 0 Å². The predicted molar refractivity (Wildman–Crippen MR) is 101 cm³/mol. The summed E-state index contributed by atoms with van der Waals surface area (Å²) >= 11 is 0. The third-order valence-electron chi connectivity index (χ3n) is 6.05. The molecule has 140 valence electrons. The van der Waals surface area contributed by atoms with Gasteiger partial charge in [0.05, 0.1) is 6.04 Å². The second-order valence-electron chi connectivity index (χ2n) is 8.09. The van der Waals surface area contributed by atoms with Gasteiger partial charge in [-0.15, -0.1) is 0 Å². The molecular formula is C20H28N4O2. The van der Waals surface area contributed by atoms with Crippen molar-refractivity contribution < 1.29 is 9.59 Å². The third-order valence-corrected chi connectivity index (χ3v) is 6.05. The van der Waals surface area contributed by atoms with Gasteiger partial charge >= 0.3 is 6.03 Å². The highest BCUT2D eigenvalue weighted by Gasteiger charge is 2.57. The Morgan fingerprint density at radius 3 is 2.50 bits per heavy atom. The second kappa shape index (κ2) is 6.91. The lowest BCUT2D eigenvalue weighted by atomic mass is 9.91. The molecule has 4 N–H and O–H groups in total. The largest absolute Gasteiger partial charge is 0.349 e. The summed E-state index contributed by atoms with van der Waals surface area (Å²) < 4.78 is 0. The number of benzene rings is 1. The highest BCUT2D eigenvalue weighted by atomic mass is 16.2. The first-order valence-electron chi connectivity index (χ1n) is 9.74. The molecule has 2 saturated carbocycles. The normalized spacial score (nSPS) is 24.6. The highest BCUT2D eigenvalue weighted by Crippen LogP contribution is 2.58. The van der Waals surface area contributed by atoms with Gasteiger partial charge < -0.3 is 21.3 Å². The molecule has 3 fully saturated rings. The summed E-state index contributed by atoms with van der Waals surface area (Å²) in [6.07, 6.45) is 5.41. The van der Waals surface area contributed by atoms with Crippen LogP contribution in [-0.4, -0.2) is 31.1 Å². The van der Waals surface area contributed by atoms with E-state index in [9.17, 15) is 9.59 Å². The molecule has 6 nitrogen and oxygen atoms in total. The molecule has 3 amide bonds. The fraction of sp³-hybridized carbons (Fsp3) is 0.600. The number of hydrogen-bond acceptors (Lipinski definition) is 3. The van der Waals surface area contributed by atoms with Gasteiger partial charge in [0, 0.05) is 17.6 Å². The molecule has 1 heterocycles. The van der Waals surface area contributed by atoms with Gasteiger partial charge in [-0.3, -0.25) is 4.79 Å². The van der Waals surface area contributed by atoms with E-state index in [0.717, 1.165) is 56.4 Å². The summed E-state index contributed by atoms with van der Waals surface area (Å²) in [5, 5.41) is 12.3. The molecule has 1 aliphatic heterocycles. The fourth-order valence-corrected chi connectivity index (χ4v) is 4.03. The third kappa shape index (κ3) is 3.85. The summed E-state index contributed by atoms with van der Waals surface area (Å²) in [5.74, 6) is 0.365. The maximum atomic E-state index is 12.6. The van der Waals surface area contributed by atoms with Crippen LogP contribution in [0.15, 0.2) is 24.3 Å². The molecule has 1 aromatic rings. The van der Waals surface area contributed by atoms with Crippen molar-refractivity contribution in [2.45, 2.75) is 51.1 Å². The molecule has 0 aromatic heterocycles. The van der Waals surface area contributed by atoms with Crippen molar-refractivity contribution in [3.63, 3.8) is 0 Å². The Hall–Kier alpha value is -2.08. The minimum atomic E-state index is -0.150. The zero-order chi connectivity index (χ0) is 18.1. The molecular weight excluding hydrogens is 328 g/mol. The summed E-state index contributed by atoms with van der Waals surface area (Å²) in [5.41, 5.74) is 2.07. The Labute approximate surface area is 154 Å². The number of amides is 3. The standard InChI is InChI=1S/C20H28N4O2/c1-13(22-18(25)17-12-20(17)8-10-21-11-9-20)14-2-4-15(5-3-14)23-19(26)24-16-6-7-16/h2-5,13,16-17,21H,6-12H2,1H3,(H,22,25)(H2,23,24,26). The van der Waals surface area contributed by atoms with Crippen molar-refractivity contribution >= 4 is 17.6 Å². The number of rotatable bonds is 5. The van der Waals surface area contributed by atoms with Crippen LogP contribution in [0.2, 0.25) is 0 Å². The van der Waals surface area contributed by atoms with Gasteiger partial charge in [-0.25, -0.2) is 4.79 Å². The Morgan fingerprint density at radius 2 is 1.85 bits per heavy atom. The highest BCUT2D eigenvalue weighted by molar-refractivity contribution is 5.89. The zero-order valence-corrected chi connectivity index (χ0v) is 15.3. The molecule has 2 aliphatic carbocycles. The van der Waals surface area contributed by atoms with Gasteiger partial charge in [0.25, 0.3) is 0 Å². The van der Waals surface area contributed by atoms with Crippen molar-refractivity contribution in [1.82, 2.24) is 16.0 Å². The Morgan fingerprint density at radius 1 is 1.15 bits per heavy atom. The molecule has 4 rings (SSSR count). The van der Waals surface area contributed by atoms with E-state index in [2.05, 4.69) is 21.3 Å². The molecule has 0 bridgehead atoms. The number of hydrogen-bond donors (Lipinski definition) is 4. The fourth-order valence-electron chi connectivity index (χ4n) is 4.03. The Balaban J connectivity index is 1.28. The number of anilines is 1. The SMILES string of the molecule is CC(NC(=O)C1CC12CCNCC2)c1ccc(NC(=O)NC2CC2)cc1. The van der Waals surface area contributed by atoms with Crippen LogP contribution in [0.5, 0.6) is 0 Å². The zero-order valence-electron chi connectivity index (χ0n) is 15.3. The van der Waals surface area contributed by atoms with Crippen LogP contribution in [-0.2, 0) is 4.79 Å². The molecule has 1 saturated heterocycles. The van der Waals surface area contributed by atoms with E-state index >= 15 is 0 Å². The summed E-state index contributed by atoms with van der Waals surface area (Å²) in [7, 11) is 0. The van der Waals surface area contributed by atoms with Gasteiger partial charge in [-0.2, -0.15) is 0 Å². The average Bonchev–Trinajstić information content (AvgIpc) is 3.55. The minimum Gasteiger partial charge on any atom is -0.349 e. The molecule has 26 heavy (non-hydrogen) atoms. The summed E-state index contributed by atoms with van der Waals surface area (Å²) in [4.78, 5) is 24.4. The van der Waals surface area contributed by atoms with Gasteiger partial charge in [-0.1, -0.05) is 12.1 Å². The van der Waals surface area contributed by atoms with E-state index in [4.69, 9.17) is 0 Å². The molecule has 2 atom stereocenters. The number of piperidine rings is 1. The van der Waals surface area contributed by atoms with Crippen LogP contribution in [0.3, 0.4) is 0 Å². The molecule has 0 radical (unpaired) electrons. The first-order chi connectivity index (χ1) is 12.6. The van der Waals surface area contributed by atoms with E-state index in [1.165, 1.54) is 0 Å². The lowest BCUT2D eigenvalue weighted by Gasteiger charge is -2.24. The van der Waals surface area contributed by atoms with Gasteiger partial charge in [0.1, 0.15) is 0 Å². The summed E-state index contributed by atoms with van der Waals surface area (Å²) in [6.45, 7) is 4.07. The summed E-state index contributed by atoms with van der Waals surface area (Å²) in [6, 6.07) is 7.86. The molecule has 3 aliphatic rings. The van der Waals surface area contributed by atoms with Crippen molar-refractivity contribution in [2.24, 2.45) is 11.3 Å². The number of nitrogens with one attached hydrogen (secondary N) is 4. The van der Waals surface area contributed by atoms with Crippen LogP contribution in [0.25, 0.3) is 0 Å². The lowest BCUT2D eigenvalue weighted by Crippen LogP contribution is -2.34. The monoisotopic (exact) mass is 356 g/mol. The predicted octanol–water partition coefficient (Wildman–Crippen LogP) is 2.54. The molecule has 1 spiro atoms. The lowest BCUT2D eigenvalue weighted by molar-refractivity contribution is -0.123. The second-order valence-corrected chi connectivity index (χ2v) is 8.09. The maximum absolute atomic E-state index is 12.6. The van der Waals surface area contributed by atoms with Crippen LogP contribution in [0.4, 0.5) is 10.5 Å². The quantitative estimate of drug-likeness (QED) is 0.654. The van der Waals surface area contributed by atoms with Crippen LogP contribution < -0.4 is 21.3 Å². The van der Waals surface area contributed by atoms with E-state index in [1.807, 2.05) is 31.2 Å². The topological polar surface area (TPSA) is 82.3 Å². The smallest absolute Gasteiger partial charge is 0.319 e. The van der Waals surface area contributed by atoms with Crippen LogP contribution in [0, 0.1) is 11.3 Å². The van der Waals surface area contributed by atoms with E-state index in [0.29, 0.717) is 6.04 Å². The van der Waals surface area contributed by atoms with E-state index < -0.39 is 0 Å². The van der Waals surface area contributed by atoms with Gasteiger partial charge in [0.2, 0.25) is 5.91 Å². The van der Waals surface area contributed by atoms with E-state index in [-0.39, 0.29) is 29.3 Å². The molecule has 2 unspecified atom stereocenters. The Bertz CT molecular complexity index is 678. The number of carbonyl (C=O) groups is 2. The number of urea groups is 1. The Kier molecular flexibility index (Phi) is 4.61. The molecule has 6 heteroatoms. The number of carbonyl (C=O) groups excluding carboxylic acids is 2. The minimum absolute atomic E-state index is 0.0313. The van der Waals surface area contributed by atoms with Crippen LogP contribution >= 0.6 is 0 Å². The van der Waals surface area contributed by atoms with Crippen LogP contribution in [0.1, 0.15) is 50.6 Å². The first-order valence-corrected chi connectivity index (χ1v) is 9.74. The van der Waals surface area contributed by atoms with Crippen molar-refractivity contribution in [1.29, 1.82) is 0 Å². The maximum Gasteiger partial charge on any atom is 0.319 e. The average molecular weight is 356 g/mol. The van der Waals surface area contributed by atoms with Gasteiger partial charge in [-0.05, 0) is 75.2 Å². The van der Waals surface area contributed by atoms with E-state index in [1.54, 1.807) is 0 Å².